The van der Waals surface area contributed by atoms with Crippen LogP contribution in [0, 0.1) is 0 Å². The highest BCUT2D eigenvalue weighted by Crippen LogP contribution is 2.47. The van der Waals surface area contributed by atoms with E-state index in [0.29, 0.717) is 16.7 Å². The van der Waals surface area contributed by atoms with E-state index in [0.717, 1.165) is 21.3 Å². The van der Waals surface area contributed by atoms with Crippen LogP contribution >= 0.6 is 27.7 Å². The van der Waals surface area contributed by atoms with Crippen molar-refractivity contribution in [3.05, 3.63) is 52.0 Å². The van der Waals surface area contributed by atoms with Crippen LogP contribution in [0.4, 0.5) is 5.69 Å². The predicted molar refractivity (Wildman–Crippen MR) is 114 cm³/mol. The molecular weight excluding hydrogens is 444 g/mol. The van der Waals surface area contributed by atoms with Crippen molar-refractivity contribution >= 4 is 44.5 Å². The van der Waals surface area contributed by atoms with Crippen LogP contribution in [0.1, 0.15) is 23.3 Å². The predicted octanol–water partition coefficient (Wildman–Crippen LogP) is 3.70. The number of hydrazone groups is 1. The number of anilines is 1. The highest BCUT2D eigenvalue weighted by Gasteiger charge is 2.43. The first-order chi connectivity index (χ1) is 13.6. The van der Waals surface area contributed by atoms with Gasteiger partial charge in [0.25, 0.3) is 5.91 Å². The molecule has 2 heterocycles. The maximum Gasteiger partial charge on any atom is 0.255 e. The van der Waals surface area contributed by atoms with Gasteiger partial charge in [-0.05, 0) is 24.5 Å². The molecule has 28 heavy (non-hydrogen) atoms. The molecule has 0 aliphatic carbocycles. The molecule has 4 rings (SSSR count). The van der Waals surface area contributed by atoms with Gasteiger partial charge in [-0.3, -0.25) is 9.80 Å². The fourth-order valence-corrected chi connectivity index (χ4v) is 4.36. The standard InChI is InChI=1S/C19H19BrN4O3S/c1-26-14-9-10(20)8-12(16(14)27-2)17-21-13-7-5-4-6-11(13)15-18(25)22-19(28-3)23-24(15)17/h4-9,15,17,21H,1-3H3,(H,22,23,25)/t15-,17-/m0/s1. The number of halogens is 1. The van der Waals surface area contributed by atoms with Crippen LogP contribution in [0.2, 0.25) is 0 Å². The van der Waals surface area contributed by atoms with Crippen LogP contribution in [0.5, 0.6) is 11.5 Å². The van der Waals surface area contributed by atoms with Gasteiger partial charge in [0.1, 0.15) is 6.17 Å². The molecule has 0 saturated heterocycles. The molecule has 2 aliphatic rings. The van der Waals surface area contributed by atoms with Gasteiger partial charge in [-0.1, -0.05) is 45.9 Å². The second kappa shape index (κ2) is 7.56. The van der Waals surface area contributed by atoms with E-state index >= 15 is 0 Å². The highest BCUT2D eigenvalue weighted by atomic mass is 79.9. The van der Waals surface area contributed by atoms with E-state index in [1.165, 1.54) is 11.8 Å². The maximum absolute atomic E-state index is 12.9. The number of fused-ring (bicyclic) bond motifs is 3. The summed E-state index contributed by atoms with van der Waals surface area (Å²) < 4.78 is 12.0. The molecular formula is C19H19BrN4O3S. The lowest BCUT2D eigenvalue weighted by Crippen LogP contribution is -2.50. The SMILES string of the molecule is COc1cc(Br)cc([C@H]2Nc3ccccc3[C@H]3C(=O)NC(SC)=NN23)c1OC. The molecule has 0 radical (unpaired) electrons. The van der Waals surface area contributed by atoms with Crippen LogP contribution in [0.25, 0.3) is 0 Å². The maximum atomic E-state index is 12.9. The fourth-order valence-electron chi connectivity index (χ4n) is 3.53. The zero-order chi connectivity index (χ0) is 19.8. The van der Waals surface area contributed by atoms with Crippen LogP contribution in [0.15, 0.2) is 46.0 Å². The van der Waals surface area contributed by atoms with Crippen LogP contribution in [0.3, 0.4) is 0 Å². The molecule has 0 aromatic heterocycles. The quantitative estimate of drug-likeness (QED) is 0.724. The molecule has 9 heteroatoms. The lowest BCUT2D eigenvalue weighted by molar-refractivity contribution is -0.127. The number of carbonyl (C=O) groups excluding carboxylic acids is 1. The molecule has 2 aliphatic heterocycles. The minimum absolute atomic E-state index is 0.112. The van der Waals surface area contributed by atoms with Crippen molar-refractivity contribution in [1.82, 2.24) is 10.3 Å². The zero-order valence-corrected chi connectivity index (χ0v) is 17.9. The van der Waals surface area contributed by atoms with Gasteiger partial charge in [0.15, 0.2) is 22.7 Å². The van der Waals surface area contributed by atoms with Crippen molar-refractivity contribution in [2.45, 2.75) is 12.2 Å². The summed E-state index contributed by atoms with van der Waals surface area (Å²) in [5.74, 6) is 1.08. The number of hydrogen-bond donors (Lipinski definition) is 2. The topological polar surface area (TPSA) is 75.2 Å². The zero-order valence-electron chi connectivity index (χ0n) is 15.5. The number of para-hydroxylation sites is 1. The van der Waals surface area contributed by atoms with Crippen molar-refractivity contribution < 1.29 is 14.3 Å². The van der Waals surface area contributed by atoms with Crippen molar-refractivity contribution in [2.24, 2.45) is 5.10 Å². The Bertz CT molecular complexity index is 968. The number of carbonyl (C=O) groups is 1. The van der Waals surface area contributed by atoms with E-state index in [1.54, 1.807) is 19.2 Å². The minimum Gasteiger partial charge on any atom is -0.493 e. The molecule has 0 bridgehead atoms. The number of benzene rings is 2. The number of amides is 1. The number of thioether (sulfide) groups is 1. The number of amidine groups is 1. The second-order valence-electron chi connectivity index (χ2n) is 6.25. The lowest BCUT2D eigenvalue weighted by atomic mass is 9.97. The summed E-state index contributed by atoms with van der Waals surface area (Å²) in [6.45, 7) is 0. The van der Waals surface area contributed by atoms with Gasteiger partial charge in [0.05, 0.1) is 14.2 Å². The first-order valence-electron chi connectivity index (χ1n) is 8.56. The molecule has 2 aromatic carbocycles. The average Bonchev–Trinajstić information content (AvgIpc) is 2.71. The molecule has 0 fully saturated rings. The molecule has 0 unspecified atom stereocenters. The van der Waals surface area contributed by atoms with E-state index in [4.69, 9.17) is 14.6 Å². The third-order valence-corrected chi connectivity index (χ3v) is 5.75. The normalized spacial score (nSPS) is 20.4. The number of nitrogens with one attached hydrogen (secondary N) is 2. The minimum atomic E-state index is -0.548. The van der Waals surface area contributed by atoms with Crippen molar-refractivity contribution in [2.75, 3.05) is 25.8 Å². The van der Waals surface area contributed by atoms with Crippen molar-refractivity contribution in [3.63, 3.8) is 0 Å². The summed E-state index contributed by atoms with van der Waals surface area (Å²) in [6.07, 6.45) is 1.46. The Morgan fingerprint density at radius 1 is 1.18 bits per heavy atom. The van der Waals surface area contributed by atoms with Crippen LogP contribution in [-0.2, 0) is 4.79 Å². The average molecular weight is 463 g/mol. The number of rotatable bonds is 3. The van der Waals surface area contributed by atoms with E-state index < -0.39 is 12.2 Å². The molecule has 7 nitrogen and oxygen atoms in total. The first-order valence-corrected chi connectivity index (χ1v) is 10.6. The fraction of sp³-hybridized carbons (Fsp3) is 0.263. The number of methoxy groups -OCH3 is 2. The Hall–Kier alpha value is -2.39. The van der Waals surface area contributed by atoms with Gasteiger partial charge in [-0.2, -0.15) is 0 Å². The summed E-state index contributed by atoms with van der Waals surface area (Å²) in [4.78, 5) is 12.9. The Morgan fingerprint density at radius 3 is 2.68 bits per heavy atom. The van der Waals surface area contributed by atoms with E-state index in [1.807, 2.05) is 42.7 Å². The summed E-state index contributed by atoms with van der Waals surface area (Å²) in [7, 11) is 3.20. The molecule has 0 saturated carbocycles. The summed E-state index contributed by atoms with van der Waals surface area (Å²) >= 11 is 4.93. The number of hydrogen-bond acceptors (Lipinski definition) is 7. The van der Waals surface area contributed by atoms with E-state index in [-0.39, 0.29) is 5.91 Å². The third-order valence-electron chi connectivity index (χ3n) is 4.72. The Balaban J connectivity index is 1.92. The summed E-state index contributed by atoms with van der Waals surface area (Å²) in [5.41, 5.74) is 2.57. The molecule has 146 valence electrons. The Labute approximate surface area is 175 Å². The van der Waals surface area contributed by atoms with Crippen LogP contribution in [-0.4, -0.2) is 36.6 Å². The second-order valence-corrected chi connectivity index (χ2v) is 7.96. The number of nitrogens with zero attached hydrogens (tertiary/aromatic N) is 2. The molecule has 2 atom stereocenters. The van der Waals surface area contributed by atoms with Gasteiger partial charge in [0, 0.05) is 21.3 Å². The van der Waals surface area contributed by atoms with Gasteiger partial charge >= 0.3 is 0 Å². The first kappa shape index (κ1) is 18.9. The Kier molecular flexibility index (Phi) is 5.11. The van der Waals surface area contributed by atoms with E-state index in [9.17, 15) is 4.79 Å². The van der Waals surface area contributed by atoms with Crippen molar-refractivity contribution in [1.29, 1.82) is 0 Å². The lowest BCUT2D eigenvalue weighted by Gasteiger charge is -2.44. The smallest absolute Gasteiger partial charge is 0.255 e. The van der Waals surface area contributed by atoms with Gasteiger partial charge < -0.3 is 20.1 Å². The third kappa shape index (κ3) is 3.08. The largest absolute Gasteiger partial charge is 0.493 e. The molecule has 2 aromatic rings. The molecule has 0 spiro atoms. The molecule has 2 N–H and O–H groups in total. The monoisotopic (exact) mass is 462 g/mol. The van der Waals surface area contributed by atoms with Crippen LogP contribution < -0.4 is 20.1 Å². The summed E-state index contributed by atoms with van der Waals surface area (Å²) in [5, 5.41) is 13.4. The van der Waals surface area contributed by atoms with Gasteiger partial charge in [0.2, 0.25) is 0 Å². The summed E-state index contributed by atoms with van der Waals surface area (Å²) in [6, 6.07) is 11.0. The van der Waals surface area contributed by atoms with E-state index in [2.05, 4.69) is 26.6 Å². The number of ether oxygens (including phenoxy) is 2. The highest BCUT2D eigenvalue weighted by molar-refractivity contribution is 9.10. The molecule has 1 amide bonds. The van der Waals surface area contributed by atoms with Gasteiger partial charge in [-0.15, -0.1) is 5.10 Å². The van der Waals surface area contributed by atoms with Crippen molar-refractivity contribution in [3.8, 4) is 11.5 Å². The Morgan fingerprint density at radius 2 is 1.96 bits per heavy atom. The van der Waals surface area contributed by atoms with Gasteiger partial charge in [-0.25, -0.2) is 0 Å².